The summed E-state index contributed by atoms with van der Waals surface area (Å²) in [7, 11) is 1.62. The molecule has 0 bridgehead atoms. The number of benzene rings is 2. The Labute approximate surface area is 150 Å². The highest BCUT2D eigenvalue weighted by molar-refractivity contribution is 6.05. The van der Waals surface area contributed by atoms with Gasteiger partial charge in [0.15, 0.2) is 6.10 Å². The van der Waals surface area contributed by atoms with Gasteiger partial charge in [-0.2, -0.15) is 0 Å². The number of fused-ring (bicyclic) bond motifs is 1. The molecular weight excluding hydrogens is 332 g/mol. The van der Waals surface area contributed by atoms with Crippen LogP contribution in [-0.2, 0) is 9.53 Å². The number of rotatable bonds is 4. The third kappa shape index (κ3) is 3.49. The number of pyridine rings is 1. The summed E-state index contributed by atoms with van der Waals surface area (Å²) in [4.78, 5) is 40.9. The van der Waals surface area contributed by atoms with Crippen molar-refractivity contribution in [2.24, 2.45) is 0 Å². The molecule has 3 rings (SSSR count). The molecule has 1 atom stereocenters. The topological polar surface area (TPSA) is 79.5 Å². The fourth-order valence-electron chi connectivity index (χ4n) is 2.70. The Balaban J connectivity index is 1.82. The summed E-state index contributed by atoms with van der Waals surface area (Å²) in [6.45, 7) is 1.51. The molecule has 0 aliphatic carbocycles. The van der Waals surface area contributed by atoms with E-state index in [4.69, 9.17) is 4.74 Å². The van der Waals surface area contributed by atoms with Crippen molar-refractivity contribution in [3.63, 3.8) is 0 Å². The standard InChI is InChI=1S/C20H18N2O4/c1-13(19(24)22(2)14-8-4-3-5-9-14)26-20(25)16-12-18(23)21-17-11-7-6-10-15(16)17/h3-13H,1-2H3,(H,21,23)/t13-/m1/s1. The van der Waals surface area contributed by atoms with Gasteiger partial charge in [-0.3, -0.25) is 9.59 Å². The minimum Gasteiger partial charge on any atom is -0.449 e. The summed E-state index contributed by atoms with van der Waals surface area (Å²) in [5.41, 5.74) is 0.955. The molecule has 0 unspecified atom stereocenters. The van der Waals surface area contributed by atoms with Gasteiger partial charge in [-0.1, -0.05) is 36.4 Å². The molecule has 0 spiro atoms. The SMILES string of the molecule is C[C@@H](OC(=O)c1cc(=O)[nH]c2ccccc12)C(=O)N(C)c1ccccc1. The number of aromatic nitrogens is 1. The first-order chi connectivity index (χ1) is 12.5. The van der Waals surface area contributed by atoms with Gasteiger partial charge in [-0.15, -0.1) is 0 Å². The molecule has 1 aromatic heterocycles. The Kier molecular flexibility index (Phi) is 4.84. The van der Waals surface area contributed by atoms with Crippen molar-refractivity contribution in [3.8, 4) is 0 Å². The number of carbonyl (C=O) groups excluding carboxylic acids is 2. The van der Waals surface area contributed by atoms with Crippen molar-refractivity contribution in [1.29, 1.82) is 0 Å². The van der Waals surface area contributed by atoms with Crippen molar-refractivity contribution >= 4 is 28.5 Å². The van der Waals surface area contributed by atoms with Crippen LogP contribution in [0, 0.1) is 0 Å². The Morgan fingerprint density at radius 1 is 1.04 bits per heavy atom. The van der Waals surface area contributed by atoms with Crippen LogP contribution in [0.2, 0.25) is 0 Å². The van der Waals surface area contributed by atoms with Crippen LogP contribution in [0.4, 0.5) is 5.69 Å². The Hall–Kier alpha value is -3.41. The van der Waals surface area contributed by atoms with Gasteiger partial charge in [0, 0.05) is 29.7 Å². The average molecular weight is 350 g/mol. The second-order valence-electron chi connectivity index (χ2n) is 5.87. The van der Waals surface area contributed by atoms with Crippen molar-refractivity contribution < 1.29 is 14.3 Å². The van der Waals surface area contributed by atoms with Crippen LogP contribution in [0.1, 0.15) is 17.3 Å². The lowest BCUT2D eigenvalue weighted by molar-refractivity contribution is -0.126. The number of carbonyl (C=O) groups is 2. The van der Waals surface area contributed by atoms with E-state index in [2.05, 4.69) is 4.98 Å². The van der Waals surface area contributed by atoms with Crippen molar-refractivity contribution in [2.45, 2.75) is 13.0 Å². The molecule has 3 aromatic rings. The van der Waals surface area contributed by atoms with Crippen LogP contribution >= 0.6 is 0 Å². The lowest BCUT2D eigenvalue weighted by atomic mass is 10.1. The summed E-state index contributed by atoms with van der Waals surface area (Å²) < 4.78 is 5.32. The van der Waals surface area contributed by atoms with E-state index in [1.54, 1.807) is 43.4 Å². The lowest BCUT2D eigenvalue weighted by Gasteiger charge is -2.21. The molecule has 26 heavy (non-hydrogen) atoms. The zero-order chi connectivity index (χ0) is 18.7. The summed E-state index contributed by atoms with van der Waals surface area (Å²) in [6, 6.07) is 17.2. The highest BCUT2D eigenvalue weighted by Crippen LogP contribution is 2.17. The molecule has 0 aliphatic rings. The number of nitrogens with one attached hydrogen (secondary N) is 1. The lowest BCUT2D eigenvalue weighted by Crippen LogP contribution is -2.37. The number of hydrogen-bond donors (Lipinski definition) is 1. The van der Waals surface area contributed by atoms with Crippen LogP contribution in [-0.4, -0.2) is 30.0 Å². The Morgan fingerprint density at radius 3 is 2.42 bits per heavy atom. The molecule has 1 N–H and O–H groups in total. The third-order valence-electron chi connectivity index (χ3n) is 4.08. The fraction of sp³-hybridized carbons (Fsp3) is 0.150. The largest absolute Gasteiger partial charge is 0.449 e. The third-order valence-corrected chi connectivity index (χ3v) is 4.08. The van der Waals surface area contributed by atoms with Gasteiger partial charge in [0.25, 0.3) is 5.91 Å². The van der Waals surface area contributed by atoms with Gasteiger partial charge in [0.2, 0.25) is 5.56 Å². The van der Waals surface area contributed by atoms with Crippen LogP contribution < -0.4 is 10.5 Å². The van der Waals surface area contributed by atoms with Gasteiger partial charge >= 0.3 is 5.97 Å². The van der Waals surface area contributed by atoms with Gasteiger partial charge in [-0.05, 0) is 25.1 Å². The van der Waals surface area contributed by atoms with E-state index in [1.807, 2.05) is 18.2 Å². The second-order valence-corrected chi connectivity index (χ2v) is 5.87. The Morgan fingerprint density at radius 2 is 1.69 bits per heavy atom. The quantitative estimate of drug-likeness (QED) is 0.734. The number of nitrogens with zero attached hydrogens (tertiary/aromatic N) is 1. The van der Waals surface area contributed by atoms with E-state index in [9.17, 15) is 14.4 Å². The van der Waals surface area contributed by atoms with Crippen LogP contribution in [0.3, 0.4) is 0 Å². The van der Waals surface area contributed by atoms with Crippen LogP contribution in [0.25, 0.3) is 10.9 Å². The maximum atomic E-state index is 12.5. The minimum atomic E-state index is -0.995. The highest BCUT2D eigenvalue weighted by atomic mass is 16.5. The van der Waals surface area contributed by atoms with Crippen LogP contribution in [0.15, 0.2) is 65.5 Å². The first kappa shape index (κ1) is 17.4. The maximum absolute atomic E-state index is 12.5. The molecule has 2 aromatic carbocycles. The van der Waals surface area contributed by atoms with Gasteiger partial charge in [-0.25, -0.2) is 4.79 Å². The predicted octanol–water partition coefficient (Wildman–Crippen LogP) is 2.74. The van der Waals surface area contributed by atoms with Crippen molar-refractivity contribution in [3.05, 3.63) is 76.6 Å². The summed E-state index contributed by atoms with van der Waals surface area (Å²) in [5.74, 6) is -1.08. The maximum Gasteiger partial charge on any atom is 0.339 e. The van der Waals surface area contributed by atoms with Gasteiger partial charge < -0.3 is 14.6 Å². The molecule has 6 nitrogen and oxygen atoms in total. The van der Waals surface area contributed by atoms with Gasteiger partial charge in [0.05, 0.1) is 5.56 Å². The summed E-state index contributed by atoms with van der Waals surface area (Å²) >= 11 is 0. The number of amides is 1. The number of ether oxygens (including phenoxy) is 1. The molecular formula is C20H18N2O4. The predicted molar refractivity (Wildman–Crippen MR) is 99.3 cm³/mol. The van der Waals surface area contributed by atoms with E-state index < -0.39 is 17.6 Å². The van der Waals surface area contributed by atoms with E-state index in [0.29, 0.717) is 16.6 Å². The summed E-state index contributed by atoms with van der Waals surface area (Å²) in [6.07, 6.45) is -0.995. The number of hydrogen-bond acceptors (Lipinski definition) is 4. The number of para-hydroxylation sites is 2. The molecule has 0 radical (unpaired) electrons. The van der Waals surface area contributed by atoms with Crippen molar-refractivity contribution in [1.82, 2.24) is 4.98 Å². The van der Waals surface area contributed by atoms with E-state index in [0.717, 1.165) is 0 Å². The fourth-order valence-corrected chi connectivity index (χ4v) is 2.70. The first-order valence-corrected chi connectivity index (χ1v) is 8.13. The number of H-pyrrole nitrogens is 1. The highest BCUT2D eigenvalue weighted by Gasteiger charge is 2.24. The molecule has 0 saturated carbocycles. The van der Waals surface area contributed by atoms with Crippen LogP contribution in [0.5, 0.6) is 0 Å². The average Bonchev–Trinajstić information content (AvgIpc) is 2.66. The number of anilines is 1. The molecule has 0 saturated heterocycles. The summed E-state index contributed by atoms with van der Waals surface area (Å²) in [5, 5.41) is 0.563. The molecule has 0 fully saturated rings. The minimum absolute atomic E-state index is 0.131. The molecule has 6 heteroatoms. The molecule has 0 aliphatic heterocycles. The van der Waals surface area contributed by atoms with Gasteiger partial charge in [0.1, 0.15) is 0 Å². The van der Waals surface area contributed by atoms with E-state index in [-0.39, 0.29) is 11.5 Å². The molecule has 1 heterocycles. The smallest absolute Gasteiger partial charge is 0.339 e. The zero-order valence-corrected chi connectivity index (χ0v) is 14.4. The first-order valence-electron chi connectivity index (χ1n) is 8.13. The second kappa shape index (κ2) is 7.23. The number of esters is 1. The zero-order valence-electron chi connectivity index (χ0n) is 14.4. The van der Waals surface area contributed by atoms with E-state index >= 15 is 0 Å². The van der Waals surface area contributed by atoms with E-state index in [1.165, 1.54) is 17.9 Å². The monoisotopic (exact) mass is 350 g/mol. The number of aromatic amines is 1. The molecule has 1 amide bonds. The number of likely N-dealkylation sites (N-methyl/N-ethyl adjacent to an activating group) is 1. The normalized spacial score (nSPS) is 11.8. The molecule has 132 valence electrons. The van der Waals surface area contributed by atoms with Crippen molar-refractivity contribution in [2.75, 3.05) is 11.9 Å². The Bertz CT molecular complexity index is 1010.